The first-order valence-corrected chi connectivity index (χ1v) is 4.27. The summed E-state index contributed by atoms with van der Waals surface area (Å²) in [5.41, 5.74) is 4.81. The number of rotatable bonds is 2. The number of hydrogen-bond acceptors (Lipinski definition) is 3. The molecule has 0 aromatic carbocycles. The summed E-state index contributed by atoms with van der Waals surface area (Å²) >= 11 is 0. The van der Waals surface area contributed by atoms with Crippen molar-refractivity contribution in [3.63, 3.8) is 0 Å². The van der Waals surface area contributed by atoms with Crippen LogP contribution in [-0.2, 0) is 9.53 Å². The van der Waals surface area contributed by atoms with Gasteiger partial charge in [-0.15, -0.1) is 0 Å². The fraction of sp³-hybridized carbons (Fsp3) is 0.875. The van der Waals surface area contributed by atoms with E-state index in [0.29, 0.717) is 13.2 Å². The van der Waals surface area contributed by atoms with Crippen LogP contribution < -0.4 is 11.1 Å². The summed E-state index contributed by atoms with van der Waals surface area (Å²) in [6.45, 7) is 5.24. The molecule has 3 N–H and O–H groups in total. The lowest BCUT2D eigenvalue weighted by Gasteiger charge is -2.39. The Labute approximate surface area is 72.5 Å². The topological polar surface area (TPSA) is 64.3 Å². The Morgan fingerprint density at radius 2 is 2.50 bits per heavy atom. The van der Waals surface area contributed by atoms with Crippen molar-refractivity contribution in [3.05, 3.63) is 0 Å². The third-order valence-electron chi connectivity index (χ3n) is 2.48. The molecule has 4 heteroatoms. The molecule has 0 bridgehead atoms. The molecular weight excluding hydrogens is 156 g/mol. The zero-order valence-electron chi connectivity index (χ0n) is 7.59. The lowest BCUT2D eigenvalue weighted by molar-refractivity contribution is -0.137. The standard InChI is InChI=1S/C8H16N2O2/c1-3-8(2)6(7(9)11)10-4-5-12-8/h6,10H,3-5H2,1-2H3,(H2,9,11). The molecule has 0 spiro atoms. The molecule has 4 nitrogen and oxygen atoms in total. The van der Waals surface area contributed by atoms with E-state index in [-0.39, 0.29) is 11.9 Å². The molecule has 2 atom stereocenters. The molecule has 12 heavy (non-hydrogen) atoms. The van der Waals surface area contributed by atoms with Crippen LogP contribution in [0.3, 0.4) is 0 Å². The van der Waals surface area contributed by atoms with Gasteiger partial charge in [0.25, 0.3) is 0 Å². The largest absolute Gasteiger partial charge is 0.372 e. The van der Waals surface area contributed by atoms with Gasteiger partial charge in [0.2, 0.25) is 5.91 Å². The van der Waals surface area contributed by atoms with Gasteiger partial charge in [0.15, 0.2) is 0 Å². The van der Waals surface area contributed by atoms with Crippen LogP contribution in [0.25, 0.3) is 0 Å². The lowest BCUT2D eigenvalue weighted by Crippen LogP contribution is -2.61. The van der Waals surface area contributed by atoms with Crippen molar-refractivity contribution in [2.24, 2.45) is 5.73 Å². The van der Waals surface area contributed by atoms with E-state index < -0.39 is 5.60 Å². The summed E-state index contributed by atoms with van der Waals surface area (Å²) in [6.07, 6.45) is 0.785. The highest BCUT2D eigenvalue weighted by molar-refractivity contribution is 5.81. The zero-order chi connectivity index (χ0) is 9.19. The second kappa shape index (κ2) is 3.41. The SMILES string of the molecule is CCC1(C)OCCNC1C(N)=O. The predicted molar refractivity (Wildman–Crippen MR) is 45.6 cm³/mol. The van der Waals surface area contributed by atoms with Crippen LogP contribution in [-0.4, -0.2) is 30.7 Å². The molecule has 1 heterocycles. The van der Waals surface area contributed by atoms with Gasteiger partial charge in [0.05, 0.1) is 12.2 Å². The highest BCUT2D eigenvalue weighted by Gasteiger charge is 2.39. The monoisotopic (exact) mass is 172 g/mol. The Morgan fingerprint density at radius 3 is 2.92 bits per heavy atom. The second-order valence-electron chi connectivity index (χ2n) is 3.30. The van der Waals surface area contributed by atoms with Crippen LogP contribution in [0.5, 0.6) is 0 Å². The maximum absolute atomic E-state index is 11.0. The van der Waals surface area contributed by atoms with Gasteiger partial charge in [-0.3, -0.25) is 4.79 Å². The first kappa shape index (κ1) is 9.48. The van der Waals surface area contributed by atoms with Gasteiger partial charge in [-0.05, 0) is 13.3 Å². The molecule has 0 aromatic rings. The average Bonchev–Trinajstić information content (AvgIpc) is 2.05. The third kappa shape index (κ3) is 1.59. The van der Waals surface area contributed by atoms with E-state index in [1.54, 1.807) is 0 Å². The van der Waals surface area contributed by atoms with E-state index in [2.05, 4.69) is 5.32 Å². The fourth-order valence-electron chi connectivity index (χ4n) is 1.49. The number of nitrogens with one attached hydrogen (secondary N) is 1. The van der Waals surface area contributed by atoms with Crippen LogP contribution in [0.4, 0.5) is 0 Å². The molecule has 1 aliphatic rings. The van der Waals surface area contributed by atoms with Crippen LogP contribution in [0.2, 0.25) is 0 Å². The molecule has 0 aliphatic carbocycles. The van der Waals surface area contributed by atoms with Crippen molar-refractivity contribution in [3.8, 4) is 0 Å². The molecule has 1 rings (SSSR count). The van der Waals surface area contributed by atoms with Crippen molar-refractivity contribution in [1.82, 2.24) is 5.32 Å². The van der Waals surface area contributed by atoms with E-state index in [9.17, 15) is 4.79 Å². The summed E-state index contributed by atoms with van der Waals surface area (Å²) in [4.78, 5) is 11.0. The Morgan fingerprint density at radius 1 is 1.83 bits per heavy atom. The second-order valence-corrected chi connectivity index (χ2v) is 3.30. The van der Waals surface area contributed by atoms with Gasteiger partial charge in [-0.2, -0.15) is 0 Å². The van der Waals surface area contributed by atoms with Crippen molar-refractivity contribution in [2.75, 3.05) is 13.2 Å². The number of hydrogen-bond donors (Lipinski definition) is 2. The van der Waals surface area contributed by atoms with Crippen LogP contribution >= 0.6 is 0 Å². The van der Waals surface area contributed by atoms with Crippen LogP contribution in [0.1, 0.15) is 20.3 Å². The summed E-state index contributed by atoms with van der Waals surface area (Å²) in [5.74, 6) is -0.334. The number of carbonyl (C=O) groups is 1. The minimum Gasteiger partial charge on any atom is -0.372 e. The normalized spacial score (nSPS) is 36.3. The van der Waals surface area contributed by atoms with Crippen molar-refractivity contribution in [2.45, 2.75) is 31.9 Å². The molecular formula is C8H16N2O2. The number of carbonyl (C=O) groups excluding carboxylic acids is 1. The van der Waals surface area contributed by atoms with Crippen molar-refractivity contribution >= 4 is 5.91 Å². The maximum Gasteiger partial charge on any atom is 0.237 e. The predicted octanol–water partition coefficient (Wildman–Crippen LogP) is -0.371. The summed E-state index contributed by atoms with van der Waals surface area (Å²) in [5, 5.41) is 3.06. The number of amides is 1. The highest BCUT2D eigenvalue weighted by Crippen LogP contribution is 2.22. The molecule has 70 valence electrons. The first-order chi connectivity index (χ1) is 5.60. The van der Waals surface area contributed by atoms with E-state index in [4.69, 9.17) is 10.5 Å². The van der Waals surface area contributed by atoms with Gasteiger partial charge in [-0.25, -0.2) is 0 Å². The Kier molecular flexibility index (Phi) is 2.69. The summed E-state index contributed by atoms with van der Waals surface area (Å²) < 4.78 is 5.53. The Balaban J connectivity index is 2.73. The molecule has 1 aliphatic heterocycles. The lowest BCUT2D eigenvalue weighted by atomic mass is 9.91. The van der Waals surface area contributed by atoms with E-state index in [1.165, 1.54) is 0 Å². The maximum atomic E-state index is 11.0. The Hall–Kier alpha value is -0.610. The van der Waals surface area contributed by atoms with Gasteiger partial charge in [-0.1, -0.05) is 6.92 Å². The molecule has 0 radical (unpaired) electrons. The smallest absolute Gasteiger partial charge is 0.237 e. The number of morpholine rings is 1. The molecule has 1 fully saturated rings. The van der Waals surface area contributed by atoms with Gasteiger partial charge in [0, 0.05) is 6.54 Å². The highest BCUT2D eigenvalue weighted by atomic mass is 16.5. The fourth-order valence-corrected chi connectivity index (χ4v) is 1.49. The van der Waals surface area contributed by atoms with Crippen LogP contribution in [0.15, 0.2) is 0 Å². The van der Waals surface area contributed by atoms with Gasteiger partial charge < -0.3 is 15.8 Å². The molecule has 1 saturated heterocycles. The Bertz CT molecular complexity index is 184. The minimum atomic E-state index is -0.427. The number of ether oxygens (including phenoxy) is 1. The van der Waals surface area contributed by atoms with Crippen molar-refractivity contribution in [1.29, 1.82) is 0 Å². The molecule has 1 amide bonds. The van der Waals surface area contributed by atoms with E-state index in [0.717, 1.165) is 6.42 Å². The third-order valence-corrected chi connectivity index (χ3v) is 2.48. The van der Waals surface area contributed by atoms with Crippen LogP contribution in [0, 0.1) is 0 Å². The summed E-state index contributed by atoms with van der Waals surface area (Å²) in [7, 11) is 0. The van der Waals surface area contributed by atoms with E-state index in [1.807, 2.05) is 13.8 Å². The number of primary amides is 1. The van der Waals surface area contributed by atoms with Gasteiger partial charge >= 0.3 is 0 Å². The number of nitrogens with two attached hydrogens (primary N) is 1. The van der Waals surface area contributed by atoms with Crippen molar-refractivity contribution < 1.29 is 9.53 Å². The van der Waals surface area contributed by atoms with E-state index >= 15 is 0 Å². The average molecular weight is 172 g/mol. The minimum absolute atomic E-state index is 0.334. The molecule has 0 aromatic heterocycles. The quantitative estimate of drug-likeness (QED) is 0.597. The molecule has 0 saturated carbocycles. The van der Waals surface area contributed by atoms with Gasteiger partial charge in [0.1, 0.15) is 6.04 Å². The molecule has 2 unspecified atom stereocenters. The first-order valence-electron chi connectivity index (χ1n) is 4.27. The summed E-state index contributed by atoms with van der Waals surface area (Å²) in [6, 6.07) is -0.351. The zero-order valence-corrected chi connectivity index (χ0v) is 7.59.